The molecule has 0 unspecified atom stereocenters. The highest BCUT2D eigenvalue weighted by molar-refractivity contribution is 7.98. The fourth-order valence-corrected chi connectivity index (χ4v) is 4.91. The molecule has 1 amide bonds. The third-order valence-electron chi connectivity index (χ3n) is 4.61. The minimum Gasteiger partial charge on any atom is -0.309 e. The van der Waals surface area contributed by atoms with E-state index in [1.165, 1.54) is 11.1 Å². The molecule has 148 valence electrons. The van der Waals surface area contributed by atoms with E-state index in [0.29, 0.717) is 6.54 Å². The fourth-order valence-electron chi connectivity index (χ4n) is 3.28. The summed E-state index contributed by atoms with van der Waals surface area (Å²) in [5.41, 5.74) is 4.12. The highest BCUT2D eigenvalue weighted by Gasteiger charge is 2.23. The summed E-state index contributed by atoms with van der Waals surface area (Å²) < 4.78 is 1.16. The quantitative estimate of drug-likeness (QED) is 0.497. The molecule has 0 fully saturated rings. The standard InChI is InChI=1S/C22H27N3OS2/c1-15-13-16(2)20-18(14-15)23-22(28-20)25(12-8-11-24(3)4)21(26)17-9-6-7-10-19(17)27-5/h6-7,9-10,13-14H,8,11-12H2,1-5H3. The van der Waals surface area contributed by atoms with Gasteiger partial charge < -0.3 is 4.90 Å². The Bertz CT molecular complexity index is 981. The SMILES string of the molecule is CSc1ccccc1C(=O)N(CCCN(C)C)c1nc2cc(C)cc(C)c2s1. The van der Waals surface area contributed by atoms with Gasteiger partial charge in [0.15, 0.2) is 5.13 Å². The summed E-state index contributed by atoms with van der Waals surface area (Å²) in [4.78, 5) is 23.3. The van der Waals surface area contributed by atoms with Crippen LogP contribution in [0.15, 0.2) is 41.3 Å². The summed E-state index contributed by atoms with van der Waals surface area (Å²) in [7, 11) is 4.11. The van der Waals surface area contributed by atoms with Gasteiger partial charge in [-0.1, -0.05) is 29.5 Å². The van der Waals surface area contributed by atoms with Crippen LogP contribution in [-0.2, 0) is 0 Å². The van der Waals surface area contributed by atoms with Gasteiger partial charge in [-0.15, -0.1) is 11.8 Å². The van der Waals surface area contributed by atoms with Crippen molar-refractivity contribution in [1.29, 1.82) is 0 Å². The van der Waals surface area contributed by atoms with Crippen molar-refractivity contribution in [3.8, 4) is 0 Å². The zero-order valence-electron chi connectivity index (χ0n) is 17.2. The number of anilines is 1. The Morgan fingerprint density at radius 2 is 1.89 bits per heavy atom. The van der Waals surface area contributed by atoms with Crippen molar-refractivity contribution in [2.45, 2.75) is 25.2 Å². The summed E-state index contributed by atoms with van der Waals surface area (Å²) in [6.07, 6.45) is 2.90. The van der Waals surface area contributed by atoms with Crippen LogP contribution in [0.1, 0.15) is 27.9 Å². The first-order valence-corrected chi connectivity index (χ1v) is 11.4. The van der Waals surface area contributed by atoms with Crippen molar-refractivity contribution < 1.29 is 4.79 Å². The number of carbonyl (C=O) groups is 1. The summed E-state index contributed by atoms with van der Waals surface area (Å²) in [6.45, 7) is 5.77. The molecule has 4 nitrogen and oxygen atoms in total. The minimum absolute atomic E-state index is 0.0251. The molecule has 0 bridgehead atoms. The number of rotatable bonds is 7. The number of amides is 1. The number of carbonyl (C=O) groups excluding carboxylic acids is 1. The van der Waals surface area contributed by atoms with Gasteiger partial charge in [-0.05, 0) is 76.5 Å². The van der Waals surface area contributed by atoms with Crippen molar-refractivity contribution in [3.05, 3.63) is 53.1 Å². The maximum atomic E-state index is 13.5. The number of fused-ring (bicyclic) bond motifs is 1. The average molecular weight is 414 g/mol. The second kappa shape index (κ2) is 9.07. The number of benzene rings is 2. The van der Waals surface area contributed by atoms with E-state index in [0.717, 1.165) is 38.8 Å². The lowest BCUT2D eigenvalue weighted by molar-refractivity contribution is 0.0983. The number of aryl methyl sites for hydroxylation is 2. The molecule has 0 spiro atoms. The number of hydrogen-bond donors (Lipinski definition) is 0. The molecule has 0 aliphatic rings. The van der Waals surface area contributed by atoms with E-state index in [4.69, 9.17) is 4.98 Å². The number of thioether (sulfide) groups is 1. The molecular weight excluding hydrogens is 386 g/mol. The first-order valence-electron chi connectivity index (χ1n) is 9.38. The lowest BCUT2D eigenvalue weighted by atomic mass is 10.1. The summed E-state index contributed by atoms with van der Waals surface area (Å²) in [5.74, 6) is 0.0251. The Kier molecular flexibility index (Phi) is 6.75. The molecule has 0 aliphatic carbocycles. The summed E-state index contributed by atoms with van der Waals surface area (Å²) >= 11 is 3.21. The average Bonchev–Trinajstić information content (AvgIpc) is 3.08. The van der Waals surface area contributed by atoms with E-state index in [-0.39, 0.29) is 5.91 Å². The van der Waals surface area contributed by atoms with Gasteiger partial charge >= 0.3 is 0 Å². The maximum absolute atomic E-state index is 13.5. The normalized spacial score (nSPS) is 11.4. The van der Waals surface area contributed by atoms with Crippen LogP contribution in [0.5, 0.6) is 0 Å². The Morgan fingerprint density at radius 3 is 2.61 bits per heavy atom. The fraction of sp³-hybridized carbons (Fsp3) is 0.364. The van der Waals surface area contributed by atoms with Crippen LogP contribution in [0.2, 0.25) is 0 Å². The van der Waals surface area contributed by atoms with Crippen molar-refractivity contribution in [2.24, 2.45) is 0 Å². The second-order valence-corrected chi connectivity index (χ2v) is 9.07. The topological polar surface area (TPSA) is 36.4 Å². The van der Waals surface area contributed by atoms with E-state index in [1.807, 2.05) is 35.4 Å². The van der Waals surface area contributed by atoms with Crippen molar-refractivity contribution in [3.63, 3.8) is 0 Å². The van der Waals surface area contributed by atoms with Crippen LogP contribution in [0.3, 0.4) is 0 Å². The van der Waals surface area contributed by atoms with Gasteiger partial charge in [0, 0.05) is 11.4 Å². The van der Waals surface area contributed by atoms with E-state index >= 15 is 0 Å². The zero-order chi connectivity index (χ0) is 20.3. The van der Waals surface area contributed by atoms with Gasteiger partial charge in [-0.2, -0.15) is 0 Å². The summed E-state index contributed by atoms with van der Waals surface area (Å²) in [5, 5.41) is 0.781. The third kappa shape index (κ3) is 4.57. The van der Waals surface area contributed by atoms with Gasteiger partial charge in [0.2, 0.25) is 0 Å². The smallest absolute Gasteiger partial charge is 0.261 e. The Hall–Kier alpha value is -1.89. The first-order chi connectivity index (χ1) is 13.4. The molecular formula is C22H27N3OS2. The molecule has 0 saturated heterocycles. The van der Waals surface area contributed by atoms with Crippen LogP contribution in [0.25, 0.3) is 10.2 Å². The van der Waals surface area contributed by atoms with E-state index in [1.54, 1.807) is 23.1 Å². The van der Waals surface area contributed by atoms with Gasteiger partial charge in [0.25, 0.3) is 5.91 Å². The molecule has 1 heterocycles. The highest BCUT2D eigenvalue weighted by atomic mass is 32.2. The minimum atomic E-state index is 0.0251. The summed E-state index contributed by atoms with van der Waals surface area (Å²) in [6, 6.07) is 12.1. The van der Waals surface area contributed by atoms with Crippen LogP contribution in [-0.4, -0.2) is 49.2 Å². The van der Waals surface area contributed by atoms with Gasteiger partial charge in [-0.3, -0.25) is 9.69 Å². The molecule has 0 atom stereocenters. The predicted octanol–water partition coefficient (Wildman–Crippen LogP) is 5.23. The lowest BCUT2D eigenvalue weighted by Crippen LogP contribution is -2.33. The van der Waals surface area contributed by atoms with Crippen LogP contribution in [0, 0.1) is 13.8 Å². The number of thiazole rings is 1. The molecule has 1 aromatic heterocycles. The van der Waals surface area contributed by atoms with Crippen molar-refractivity contribution >= 4 is 44.4 Å². The zero-order valence-corrected chi connectivity index (χ0v) is 18.8. The van der Waals surface area contributed by atoms with Crippen LogP contribution < -0.4 is 4.90 Å². The Balaban J connectivity index is 2.01. The van der Waals surface area contributed by atoms with Crippen molar-refractivity contribution in [1.82, 2.24) is 9.88 Å². The van der Waals surface area contributed by atoms with Gasteiger partial charge in [0.05, 0.1) is 15.8 Å². The molecule has 0 saturated carbocycles. The molecule has 3 rings (SSSR count). The molecule has 6 heteroatoms. The molecule has 0 aliphatic heterocycles. The maximum Gasteiger partial charge on any atom is 0.261 e. The first kappa shape index (κ1) is 20.8. The van der Waals surface area contributed by atoms with Crippen LogP contribution in [0.4, 0.5) is 5.13 Å². The molecule has 0 radical (unpaired) electrons. The van der Waals surface area contributed by atoms with E-state index in [2.05, 4.69) is 45.0 Å². The monoisotopic (exact) mass is 413 g/mol. The van der Waals surface area contributed by atoms with Gasteiger partial charge in [-0.25, -0.2) is 4.98 Å². The third-order valence-corrected chi connectivity index (χ3v) is 6.63. The second-order valence-electron chi connectivity index (χ2n) is 7.24. The largest absolute Gasteiger partial charge is 0.309 e. The van der Waals surface area contributed by atoms with Gasteiger partial charge in [0.1, 0.15) is 0 Å². The van der Waals surface area contributed by atoms with Crippen LogP contribution >= 0.6 is 23.1 Å². The molecule has 28 heavy (non-hydrogen) atoms. The number of nitrogens with zero attached hydrogens (tertiary/aromatic N) is 3. The molecule has 3 aromatic rings. The lowest BCUT2D eigenvalue weighted by Gasteiger charge is -2.22. The predicted molar refractivity (Wildman–Crippen MR) is 122 cm³/mol. The molecule has 0 N–H and O–H groups in total. The number of hydrogen-bond acceptors (Lipinski definition) is 5. The highest BCUT2D eigenvalue weighted by Crippen LogP contribution is 2.33. The number of aromatic nitrogens is 1. The Labute approximate surface area is 175 Å². The Morgan fingerprint density at radius 1 is 1.14 bits per heavy atom. The van der Waals surface area contributed by atoms with Crippen molar-refractivity contribution in [2.75, 3.05) is 38.3 Å². The van der Waals surface area contributed by atoms with E-state index < -0.39 is 0 Å². The van der Waals surface area contributed by atoms with E-state index in [9.17, 15) is 4.79 Å². The molecule has 2 aromatic carbocycles.